The summed E-state index contributed by atoms with van der Waals surface area (Å²) in [7, 11) is 0. The predicted octanol–water partition coefficient (Wildman–Crippen LogP) is 2.93. The van der Waals surface area contributed by atoms with Gasteiger partial charge in [-0.1, -0.05) is 36.1 Å². The summed E-state index contributed by atoms with van der Waals surface area (Å²) in [6.07, 6.45) is 6.24. The number of hydrogen-bond acceptors (Lipinski definition) is 1. The van der Waals surface area contributed by atoms with Crippen molar-refractivity contribution in [2.75, 3.05) is 5.75 Å². The second-order valence-electron chi connectivity index (χ2n) is 3.26. The first-order valence-electron chi connectivity index (χ1n) is 4.80. The van der Waals surface area contributed by atoms with E-state index in [1.807, 2.05) is 0 Å². The van der Waals surface area contributed by atoms with Gasteiger partial charge in [-0.15, -0.1) is 0 Å². The zero-order valence-electron chi connectivity index (χ0n) is 7.96. The Bertz CT molecular complexity index is 419. The third kappa shape index (κ3) is 1.86. The van der Waals surface area contributed by atoms with E-state index in [1.54, 1.807) is 0 Å². The van der Waals surface area contributed by atoms with Gasteiger partial charge in [0.15, 0.2) is 0 Å². The minimum atomic E-state index is 0.834. The number of fused-ring (bicyclic) bond motifs is 1. The number of allylic oxidation sites excluding steroid dienone is 1. The van der Waals surface area contributed by atoms with Gasteiger partial charge >= 0.3 is 0 Å². The molecule has 0 saturated carbocycles. The largest absolute Gasteiger partial charge is 0.178 e. The number of hydrogen-bond donors (Lipinski definition) is 1. The Morgan fingerprint density at radius 2 is 2.29 bits per heavy atom. The smallest absolute Gasteiger partial charge is 0.0286 e. The van der Waals surface area contributed by atoms with Crippen molar-refractivity contribution in [3.05, 3.63) is 41.0 Å². The van der Waals surface area contributed by atoms with E-state index in [9.17, 15) is 0 Å². The van der Waals surface area contributed by atoms with E-state index in [0.717, 1.165) is 18.6 Å². The summed E-state index contributed by atoms with van der Waals surface area (Å²) >= 11 is 4.13. The number of benzene rings is 1. The Morgan fingerprint density at radius 3 is 3.14 bits per heavy atom. The summed E-state index contributed by atoms with van der Waals surface area (Å²) in [5.74, 6) is 7.17. The zero-order valence-corrected chi connectivity index (χ0v) is 8.85. The van der Waals surface area contributed by atoms with Crippen LogP contribution < -0.4 is 0 Å². The fourth-order valence-electron chi connectivity index (χ4n) is 1.62. The Hall–Kier alpha value is -1.13. The quantitative estimate of drug-likeness (QED) is 0.523. The molecule has 1 aromatic rings. The van der Waals surface area contributed by atoms with Crippen molar-refractivity contribution in [3.63, 3.8) is 0 Å². The average Bonchev–Trinajstić information content (AvgIpc) is 2.67. The molecule has 0 aromatic heterocycles. The molecule has 0 spiro atoms. The Labute approximate surface area is 90.4 Å². The van der Waals surface area contributed by atoms with Gasteiger partial charge in [-0.25, -0.2) is 0 Å². The maximum Gasteiger partial charge on any atom is 0.0286 e. The van der Waals surface area contributed by atoms with Crippen LogP contribution in [0.3, 0.4) is 0 Å². The van der Waals surface area contributed by atoms with Crippen LogP contribution in [0.15, 0.2) is 24.3 Å². The van der Waals surface area contributed by atoms with E-state index in [4.69, 9.17) is 0 Å². The van der Waals surface area contributed by atoms with Crippen LogP contribution >= 0.6 is 12.6 Å². The van der Waals surface area contributed by atoms with E-state index in [0.29, 0.717) is 0 Å². The van der Waals surface area contributed by atoms with Crippen LogP contribution in [0, 0.1) is 11.8 Å². The molecule has 0 atom stereocenters. The molecule has 1 aliphatic carbocycles. The molecule has 0 bridgehead atoms. The molecule has 0 heterocycles. The minimum absolute atomic E-state index is 0.834. The summed E-state index contributed by atoms with van der Waals surface area (Å²) in [4.78, 5) is 0. The lowest BCUT2D eigenvalue weighted by Crippen LogP contribution is -1.87. The molecule has 0 saturated heterocycles. The van der Waals surface area contributed by atoms with Gasteiger partial charge in [-0.2, -0.15) is 12.6 Å². The maximum absolute atomic E-state index is 4.13. The molecular weight excluding hydrogens is 188 g/mol. The Kier molecular flexibility index (Phi) is 2.96. The van der Waals surface area contributed by atoms with Crippen LogP contribution in [0.2, 0.25) is 0 Å². The molecule has 1 heteroatoms. The van der Waals surface area contributed by atoms with Crippen LogP contribution in [0.5, 0.6) is 0 Å². The first-order chi connectivity index (χ1) is 6.92. The molecule has 14 heavy (non-hydrogen) atoms. The van der Waals surface area contributed by atoms with Crippen molar-refractivity contribution >= 4 is 18.7 Å². The molecule has 0 N–H and O–H groups in total. The highest BCUT2D eigenvalue weighted by molar-refractivity contribution is 7.80. The van der Waals surface area contributed by atoms with Crippen LogP contribution in [-0.4, -0.2) is 5.75 Å². The van der Waals surface area contributed by atoms with Crippen molar-refractivity contribution in [2.45, 2.75) is 12.8 Å². The van der Waals surface area contributed by atoms with Crippen LogP contribution in [0.25, 0.3) is 6.08 Å². The Balaban J connectivity index is 2.29. The number of rotatable bonds is 1. The summed E-state index contributed by atoms with van der Waals surface area (Å²) in [6.45, 7) is 0. The van der Waals surface area contributed by atoms with E-state index < -0.39 is 0 Å². The Morgan fingerprint density at radius 1 is 1.36 bits per heavy atom. The summed E-state index contributed by atoms with van der Waals surface area (Å²) in [5, 5.41) is 0. The molecule has 0 radical (unpaired) electrons. The standard InChI is InChI=1S/C13H12S/c14-10-2-1-5-11-6-3-7-12-8-4-9-13(11)12/h3-4,6-8,14H,2,9-10H2. The van der Waals surface area contributed by atoms with Crippen LogP contribution in [0.4, 0.5) is 0 Å². The molecule has 70 valence electrons. The maximum atomic E-state index is 4.13. The van der Waals surface area contributed by atoms with Gasteiger partial charge in [0.2, 0.25) is 0 Å². The van der Waals surface area contributed by atoms with Crippen molar-refractivity contribution in [1.29, 1.82) is 0 Å². The fraction of sp³-hybridized carbons (Fsp3) is 0.231. The van der Waals surface area contributed by atoms with E-state index >= 15 is 0 Å². The SMILES string of the molecule is SCCC#Cc1cccc2c1CC=C2. The van der Waals surface area contributed by atoms with Gasteiger partial charge in [0.05, 0.1) is 0 Å². The summed E-state index contributed by atoms with van der Waals surface area (Å²) in [5.41, 5.74) is 3.87. The molecule has 0 unspecified atom stereocenters. The highest BCUT2D eigenvalue weighted by Crippen LogP contribution is 2.22. The van der Waals surface area contributed by atoms with Crippen molar-refractivity contribution < 1.29 is 0 Å². The van der Waals surface area contributed by atoms with Gasteiger partial charge in [0, 0.05) is 17.7 Å². The third-order valence-electron chi connectivity index (χ3n) is 2.29. The van der Waals surface area contributed by atoms with Gasteiger partial charge in [-0.3, -0.25) is 0 Å². The molecule has 2 rings (SSSR count). The zero-order chi connectivity index (χ0) is 9.80. The van der Waals surface area contributed by atoms with Gasteiger partial charge in [-0.05, 0) is 23.6 Å². The molecule has 0 nitrogen and oxygen atoms in total. The first-order valence-corrected chi connectivity index (χ1v) is 5.43. The van der Waals surface area contributed by atoms with Crippen LogP contribution in [0.1, 0.15) is 23.1 Å². The molecule has 0 aliphatic heterocycles. The van der Waals surface area contributed by atoms with Gasteiger partial charge in [0.1, 0.15) is 0 Å². The van der Waals surface area contributed by atoms with E-state index in [2.05, 4.69) is 54.8 Å². The minimum Gasteiger partial charge on any atom is -0.178 e. The lowest BCUT2D eigenvalue weighted by molar-refractivity contribution is 1.28. The van der Waals surface area contributed by atoms with Crippen molar-refractivity contribution in [3.8, 4) is 11.8 Å². The van der Waals surface area contributed by atoms with Crippen molar-refractivity contribution in [2.24, 2.45) is 0 Å². The highest BCUT2D eigenvalue weighted by Gasteiger charge is 2.07. The van der Waals surface area contributed by atoms with E-state index in [-0.39, 0.29) is 0 Å². The molecule has 0 amide bonds. The second kappa shape index (κ2) is 4.39. The lowest BCUT2D eigenvalue weighted by Gasteiger charge is -2.00. The highest BCUT2D eigenvalue weighted by atomic mass is 32.1. The normalized spacial score (nSPS) is 12.1. The van der Waals surface area contributed by atoms with Crippen LogP contribution in [-0.2, 0) is 6.42 Å². The molecule has 0 fully saturated rings. The van der Waals surface area contributed by atoms with Gasteiger partial charge in [0.25, 0.3) is 0 Å². The first kappa shape index (κ1) is 9.43. The molecular formula is C13H12S. The lowest BCUT2D eigenvalue weighted by atomic mass is 10.0. The third-order valence-corrected chi connectivity index (χ3v) is 2.52. The van der Waals surface area contributed by atoms with E-state index in [1.165, 1.54) is 16.7 Å². The monoisotopic (exact) mass is 200 g/mol. The summed E-state index contributed by atoms with van der Waals surface area (Å²) in [6, 6.07) is 6.30. The summed E-state index contributed by atoms with van der Waals surface area (Å²) < 4.78 is 0. The second-order valence-corrected chi connectivity index (χ2v) is 3.70. The topological polar surface area (TPSA) is 0 Å². The number of thiol groups is 1. The van der Waals surface area contributed by atoms with Crippen molar-refractivity contribution in [1.82, 2.24) is 0 Å². The van der Waals surface area contributed by atoms with Gasteiger partial charge < -0.3 is 0 Å². The molecule has 1 aliphatic rings. The fourth-order valence-corrected chi connectivity index (χ4v) is 1.73. The predicted molar refractivity (Wildman–Crippen MR) is 64.5 cm³/mol. The molecule has 1 aromatic carbocycles. The average molecular weight is 200 g/mol.